The van der Waals surface area contributed by atoms with E-state index in [4.69, 9.17) is 4.74 Å². The fraction of sp³-hybridized carbons (Fsp3) is 0.462. The van der Waals surface area contributed by atoms with E-state index in [0.29, 0.717) is 12.3 Å². The molecule has 2 N–H and O–H groups in total. The van der Waals surface area contributed by atoms with Gasteiger partial charge < -0.3 is 15.4 Å². The van der Waals surface area contributed by atoms with Crippen LogP contribution in [0.3, 0.4) is 0 Å². The highest BCUT2D eigenvalue weighted by Gasteiger charge is 2.02. The van der Waals surface area contributed by atoms with Gasteiger partial charge in [-0.1, -0.05) is 6.92 Å². The Morgan fingerprint density at radius 1 is 1.26 bits per heavy atom. The molecule has 0 unspecified atom stereocenters. The van der Waals surface area contributed by atoms with Crippen LogP contribution in [0.5, 0.6) is 5.75 Å². The average molecular weight is 305 g/mol. The van der Waals surface area contributed by atoms with Crippen LogP contribution < -0.4 is 15.4 Å². The van der Waals surface area contributed by atoms with Crippen LogP contribution in [0.4, 0.5) is 0 Å². The summed E-state index contributed by atoms with van der Waals surface area (Å²) < 4.78 is 5.08. The molecule has 4 nitrogen and oxygen atoms in total. The van der Waals surface area contributed by atoms with E-state index in [1.165, 1.54) is 11.8 Å². The summed E-state index contributed by atoms with van der Waals surface area (Å²) in [7, 11) is 1.64. The first-order valence-corrected chi connectivity index (χ1v) is 6.99. The maximum absolute atomic E-state index is 11.5. The zero-order valence-electron chi connectivity index (χ0n) is 11.3. The van der Waals surface area contributed by atoms with E-state index in [1.54, 1.807) is 7.11 Å². The molecule has 19 heavy (non-hydrogen) atoms. The van der Waals surface area contributed by atoms with Crippen LogP contribution in [0.25, 0.3) is 0 Å². The highest BCUT2D eigenvalue weighted by molar-refractivity contribution is 8.00. The van der Waals surface area contributed by atoms with Crippen molar-refractivity contribution < 1.29 is 9.53 Å². The Labute approximate surface area is 125 Å². The van der Waals surface area contributed by atoms with Gasteiger partial charge in [-0.05, 0) is 30.8 Å². The van der Waals surface area contributed by atoms with Gasteiger partial charge in [0, 0.05) is 18.0 Å². The predicted octanol–water partition coefficient (Wildman–Crippen LogP) is 1.93. The molecule has 0 fully saturated rings. The highest BCUT2D eigenvalue weighted by Crippen LogP contribution is 2.20. The SMILES string of the molecule is CCNCCNC(=O)CSc1ccc(OC)cc1.Cl. The summed E-state index contributed by atoms with van der Waals surface area (Å²) in [6, 6.07) is 7.70. The highest BCUT2D eigenvalue weighted by atomic mass is 35.5. The van der Waals surface area contributed by atoms with E-state index in [1.807, 2.05) is 31.2 Å². The summed E-state index contributed by atoms with van der Waals surface area (Å²) in [6.07, 6.45) is 0. The lowest BCUT2D eigenvalue weighted by atomic mass is 10.3. The molecule has 0 saturated heterocycles. The van der Waals surface area contributed by atoms with Gasteiger partial charge in [-0.15, -0.1) is 24.2 Å². The van der Waals surface area contributed by atoms with E-state index < -0.39 is 0 Å². The molecule has 1 aromatic rings. The van der Waals surface area contributed by atoms with Crippen molar-refractivity contribution in [2.24, 2.45) is 0 Å². The summed E-state index contributed by atoms with van der Waals surface area (Å²) in [5.74, 6) is 1.33. The van der Waals surface area contributed by atoms with Crippen molar-refractivity contribution in [3.05, 3.63) is 24.3 Å². The van der Waals surface area contributed by atoms with E-state index in [9.17, 15) is 4.79 Å². The number of likely N-dealkylation sites (N-methyl/N-ethyl adjacent to an activating group) is 1. The molecule has 0 aromatic heterocycles. The third-order valence-electron chi connectivity index (χ3n) is 2.30. The third-order valence-corrected chi connectivity index (χ3v) is 3.32. The van der Waals surface area contributed by atoms with E-state index in [-0.39, 0.29) is 18.3 Å². The van der Waals surface area contributed by atoms with Crippen LogP contribution in [0.2, 0.25) is 0 Å². The van der Waals surface area contributed by atoms with Gasteiger partial charge in [0.15, 0.2) is 0 Å². The number of ether oxygens (including phenoxy) is 1. The number of hydrogen-bond donors (Lipinski definition) is 2. The molecule has 0 aliphatic carbocycles. The topological polar surface area (TPSA) is 50.4 Å². The van der Waals surface area contributed by atoms with Gasteiger partial charge in [0.1, 0.15) is 5.75 Å². The molecule has 1 rings (SSSR count). The molecule has 6 heteroatoms. The van der Waals surface area contributed by atoms with Gasteiger partial charge in [-0.25, -0.2) is 0 Å². The van der Waals surface area contributed by atoms with Crippen LogP contribution in [0.1, 0.15) is 6.92 Å². The van der Waals surface area contributed by atoms with Crippen LogP contribution >= 0.6 is 24.2 Å². The minimum Gasteiger partial charge on any atom is -0.497 e. The minimum absolute atomic E-state index is 0. The minimum atomic E-state index is 0. The molecule has 1 amide bonds. The number of nitrogens with one attached hydrogen (secondary N) is 2. The largest absolute Gasteiger partial charge is 0.497 e. The number of rotatable bonds is 8. The van der Waals surface area contributed by atoms with Crippen molar-refractivity contribution in [3.63, 3.8) is 0 Å². The number of hydrogen-bond acceptors (Lipinski definition) is 4. The maximum atomic E-state index is 11.5. The Kier molecular flexibility index (Phi) is 10.4. The summed E-state index contributed by atoms with van der Waals surface area (Å²) in [4.78, 5) is 12.6. The summed E-state index contributed by atoms with van der Waals surface area (Å²) in [5.41, 5.74) is 0. The van der Waals surface area contributed by atoms with Crippen molar-refractivity contribution in [1.82, 2.24) is 10.6 Å². The summed E-state index contributed by atoms with van der Waals surface area (Å²) >= 11 is 1.52. The molecule has 0 atom stereocenters. The van der Waals surface area contributed by atoms with Gasteiger partial charge in [0.25, 0.3) is 0 Å². The van der Waals surface area contributed by atoms with Crippen molar-refractivity contribution in [2.45, 2.75) is 11.8 Å². The van der Waals surface area contributed by atoms with Gasteiger partial charge >= 0.3 is 0 Å². The number of halogens is 1. The van der Waals surface area contributed by atoms with Gasteiger partial charge in [0.05, 0.1) is 12.9 Å². The molecule has 0 bridgehead atoms. The summed E-state index contributed by atoms with van der Waals surface area (Å²) in [6.45, 7) is 4.46. The number of carbonyl (C=O) groups excluding carboxylic acids is 1. The maximum Gasteiger partial charge on any atom is 0.230 e. The van der Waals surface area contributed by atoms with Gasteiger partial charge in [-0.3, -0.25) is 4.79 Å². The molecular formula is C13H21ClN2O2S. The number of benzene rings is 1. The molecule has 0 heterocycles. The van der Waals surface area contributed by atoms with Gasteiger partial charge in [0.2, 0.25) is 5.91 Å². The lowest BCUT2D eigenvalue weighted by Crippen LogP contribution is -2.32. The number of thioether (sulfide) groups is 1. The lowest BCUT2D eigenvalue weighted by Gasteiger charge is -2.06. The smallest absolute Gasteiger partial charge is 0.230 e. The Balaban J connectivity index is 0.00000324. The normalized spacial score (nSPS) is 9.58. The van der Waals surface area contributed by atoms with Gasteiger partial charge in [-0.2, -0.15) is 0 Å². The molecule has 0 aliphatic rings. The first-order valence-electron chi connectivity index (χ1n) is 6.00. The molecule has 0 radical (unpaired) electrons. The number of carbonyl (C=O) groups is 1. The van der Waals surface area contributed by atoms with Crippen LogP contribution in [-0.2, 0) is 4.79 Å². The van der Waals surface area contributed by atoms with E-state index in [0.717, 1.165) is 23.7 Å². The third kappa shape index (κ3) is 7.97. The number of amides is 1. The second-order valence-electron chi connectivity index (χ2n) is 3.67. The van der Waals surface area contributed by atoms with Crippen molar-refractivity contribution in [2.75, 3.05) is 32.5 Å². The molecule has 0 aliphatic heterocycles. The lowest BCUT2D eigenvalue weighted by molar-refractivity contribution is -0.118. The van der Waals surface area contributed by atoms with Crippen LogP contribution in [0.15, 0.2) is 29.2 Å². The molecule has 108 valence electrons. The Bertz CT molecular complexity index is 360. The zero-order valence-corrected chi connectivity index (χ0v) is 12.9. The molecule has 0 saturated carbocycles. The first-order chi connectivity index (χ1) is 8.76. The Morgan fingerprint density at radius 2 is 1.95 bits per heavy atom. The summed E-state index contributed by atoms with van der Waals surface area (Å²) in [5, 5.41) is 6.02. The Hall–Kier alpha value is -0.910. The fourth-order valence-corrected chi connectivity index (χ4v) is 2.07. The molecule has 0 spiro atoms. The average Bonchev–Trinajstić information content (AvgIpc) is 2.42. The zero-order chi connectivity index (χ0) is 13.2. The predicted molar refractivity (Wildman–Crippen MR) is 82.5 cm³/mol. The monoisotopic (exact) mass is 304 g/mol. The fourth-order valence-electron chi connectivity index (χ4n) is 1.34. The first kappa shape index (κ1) is 18.1. The number of methoxy groups -OCH3 is 1. The molecular weight excluding hydrogens is 284 g/mol. The van der Waals surface area contributed by atoms with Crippen LogP contribution in [0, 0.1) is 0 Å². The quantitative estimate of drug-likeness (QED) is 0.569. The van der Waals surface area contributed by atoms with E-state index in [2.05, 4.69) is 10.6 Å². The van der Waals surface area contributed by atoms with Crippen molar-refractivity contribution in [3.8, 4) is 5.75 Å². The second kappa shape index (κ2) is 11.0. The van der Waals surface area contributed by atoms with Crippen LogP contribution in [-0.4, -0.2) is 38.4 Å². The standard InChI is InChI=1S/C13H20N2O2S.ClH/c1-3-14-8-9-15-13(16)10-18-12-6-4-11(17-2)5-7-12;/h4-7,14H,3,8-10H2,1-2H3,(H,15,16);1H. The second-order valence-corrected chi connectivity index (χ2v) is 4.72. The van der Waals surface area contributed by atoms with Crippen molar-refractivity contribution >= 4 is 30.1 Å². The van der Waals surface area contributed by atoms with E-state index >= 15 is 0 Å². The van der Waals surface area contributed by atoms with Crippen molar-refractivity contribution in [1.29, 1.82) is 0 Å². The molecule has 1 aromatic carbocycles. The Morgan fingerprint density at radius 3 is 2.53 bits per heavy atom.